The average Bonchev–Trinajstić information content (AvgIpc) is 3.02. The SMILES string of the molecule is Cn1cnc(S(=O)(=O)N2CCC[C@H](C(=O)Nc3cccc(F)c3)C2)c1. The summed E-state index contributed by atoms with van der Waals surface area (Å²) in [5.41, 5.74) is 0.356. The Balaban J connectivity index is 1.71. The zero-order valence-corrected chi connectivity index (χ0v) is 14.5. The number of halogens is 1. The highest BCUT2D eigenvalue weighted by molar-refractivity contribution is 7.89. The number of imidazole rings is 1. The van der Waals surface area contributed by atoms with Crippen LogP contribution in [0.4, 0.5) is 10.1 Å². The number of carbonyl (C=O) groups is 1. The van der Waals surface area contributed by atoms with Crippen molar-refractivity contribution in [1.29, 1.82) is 0 Å². The van der Waals surface area contributed by atoms with Crippen molar-refractivity contribution in [2.45, 2.75) is 17.9 Å². The fourth-order valence-corrected chi connectivity index (χ4v) is 4.33. The second kappa shape index (κ2) is 6.93. The molecular weight excluding hydrogens is 347 g/mol. The first-order chi connectivity index (χ1) is 11.9. The number of aromatic nitrogens is 2. The molecular formula is C16H19FN4O3S. The number of carbonyl (C=O) groups excluding carboxylic acids is 1. The molecule has 0 spiro atoms. The van der Waals surface area contributed by atoms with E-state index >= 15 is 0 Å². The van der Waals surface area contributed by atoms with E-state index in [1.165, 1.54) is 35.0 Å². The summed E-state index contributed by atoms with van der Waals surface area (Å²) in [6.07, 6.45) is 4.01. The molecule has 3 rings (SSSR count). The van der Waals surface area contributed by atoms with Gasteiger partial charge in [-0.1, -0.05) is 6.07 Å². The number of hydrogen-bond donors (Lipinski definition) is 1. The fraction of sp³-hybridized carbons (Fsp3) is 0.375. The van der Waals surface area contributed by atoms with Gasteiger partial charge in [0.25, 0.3) is 10.0 Å². The van der Waals surface area contributed by atoms with E-state index in [1.807, 2.05) is 0 Å². The van der Waals surface area contributed by atoms with Gasteiger partial charge in [-0.05, 0) is 31.0 Å². The van der Waals surface area contributed by atoms with E-state index in [9.17, 15) is 17.6 Å². The van der Waals surface area contributed by atoms with E-state index in [0.717, 1.165) is 0 Å². The minimum absolute atomic E-state index is 0.0267. The van der Waals surface area contributed by atoms with Crippen molar-refractivity contribution in [1.82, 2.24) is 13.9 Å². The number of nitrogens with zero attached hydrogens (tertiary/aromatic N) is 3. The Kier molecular flexibility index (Phi) is 4.87. The first-order valence-electron chi connectivity index (χ1n) is 7.91. The molecule has 0 saturated carbocycles. The van der Waals surface area contributed by atoms with E-state index < -0.39 is 21.8 Å². The summed E-state index contributed by atoms with van der Waals surface area (Å²) in [5.74, 6) is -1.25. The van der Waals surface area contributed by atoms with Gasteiger partial charge < -0.3 is 9.88 Å². The standard InChI is InChI=1S/C16H19FN4O3S/c1-20-10-15(18-11-20)25(23,24)21-7-3-4-12(9-21)16(22)19-14-6-2-5-13(17)8-14/h2,5-6,8,10-12H,3-4,7,9H2,1H3,(H,19,22)/t12-/m0/s1. The zero-order chi connectivity index (χ0) is 18.0. The highest BCUT2D eigenvalue weighted by atomic mass is 32.2. The molecule has 1 aliphatic heterocycles. The summed E-state index contributed by atoms with van der Waals surface area (Å²) in [6.45, 7) is 0.433. The van der Waals surface area contributed by atoms with Crippen LogP contribution in [0, 0.1) is 11.7 Å². The van der Waals surface area contributed by atoms with Gasteiger partial charge in [-0.2, -0.15) is 4.31 Å². The zero-order valence-electron chi connectivity index (χ0n) is 13.7. The Hall–Kier alpha value is -2.26. The van der Waals surface area contributed by atoms with E-state index in [1.54, 1.807) is 17.7 Å². The maximum atomic E-state index is 13.2. The molecule has 1 amide bonds. The number of hydrogen-bond acceptors (Lipinski definition) is 4. The van der Waals surface area contributed by atoms with Gasteiger partial charge in [0.2, 0.25) is 5.91 Å². The summed E-state index contributed by atoms with van der Waals surface area (Å²) < 4.78 is 41.3. The van der Waals surface area contributed by atoms with Gasteiger partial charge in [0, 0.05) is 32.0 Å². The fourth-order valence-electron chi connectivity index (χ4n) is 2.84. The molecule has 25 heavy (non-hydrogen) atoms. The van der Waals surface area contributed by atoms with Crippen LogP contribution in [-0.2, 0) is 21.9 Å². The Morgan fingerprint density at radius 2 is 2.20 bits per heavy atom. The molecule has 1 N–H and O–H groups in total. The predicted molar refractivity (Wildman–Crippen MR) is 89.7 cm³/mol. The molecule has 9 heteroatoms. The second-order valence-corrected chi connectivity index (χ2v) is 7.96. The lowest BCUT2D eigenvalue weighted by atomic mass is 9.99. The number of benzene rings is 1. The molecule has 2 aromatic rings. The van der Waals surface area contributed by atoms with E-state index in [2.05, 4.69) is 10.3 Å². The van der Waals surface area contributed by atoms with Crippen molar-refractivity contribution in [3.63, 3.8) is 0 Å². The Morgan fingerprint density at radius 3 is 2.88 bits per heavy atom. The molecule has 1 aromatic carbocycles. The van der Waals surface area contributed by atoms with Gasteiger partial charge >= 0.3 is 0 Å². The topological polar surface area (TPSA) is 84.3 Å². The van der Waals surface area contributed by atoms with Crippen LogP contribution in [0.15, 0.2) is 41.8 Å². The van der Waals surface area contributed by atoms with Crippen molar-refractivity contribution in [2.75, 3.05) is 18.4 Å². The first-order valence-corrected chi connectivity index (χ1v) is 9.35. The molecule has 1 aliphatic rings. The Bertz CT molecular complexity index is 881. The molecule has 1 saturated heterocycles. The summed E-state index contributed by atoms with van der Waals surface area (Å²) in [7, 11) is -2.03. The summed E-state index contributed by atoms with van der Waals surface area (Å²) >= 11 is 0. The molecule has 1 aromatic heterocycles. The minimum atomic E-state index is -3.73. The van der Waals surface area contributed by atoms with Crippen molar-refractivity contribution >= 4 is 21.6 Å². The lowest BCUT2D eigenvalue weighted by Crippen LogP contribution is -2.43. The van der Waals surface area contributed by atoms with Crippen LogP contribution in [-0.4, -0.2) is 41.3 Å². The molecule has 0 aliphatic carbocycles. The van der Waals surface area contributed by atoms with E-state index in [-0.39, 0.29) is 17.5 Å². The highest BCUT2D eigenvalue weighted by Gasteiger charge is 2.34. The Labute approximate surface area is 145 Å². The van der Waals surface area contributed by atoms with Crippen LogP contribution in [0.2, 0.25) is 0 Å². The maximum Gasteiger partial charge on any atom is 0.262 e. The number of sulfonamides is 1. The first kappa shape index (κ1) is 17.6. The highest BCUT2D eigenvalue weighted by Crippen LogP contribution is 2.24. The third-order valence-corrected chi connectivity index (χ3v) is 5.88. The van der Waals surface area contributed by atoms with E-state index in [0.29, 0.717) is 25.1 Å². The lowest BCUT2D eigenvalue weighted by Gasteiger charge is -2.30. The van der Waals surface area contributed by atoms with Crippen LogP contribution in [0.1, 0.15) is 12.8 Å². The molecule has 0 radical (unpaired) electrons. The van der Waals surface area contributed by atoms with Crippen LogP contribution in [0.25, 0.3) is 0 Å². The maximum absolute atomic E-state index is 13.2. The van der Waals surface area contributed by atoms with Crippen molar-refractivity contribution in [3.8, 4) is 0 Å². The molecule has 1 atom stereocenters. The molecule has 134 valence electrons. The number of amides is 1. The van der Waals surface area contributed by atoms with Crippen LogP contribution in [0.5, 0.6) is 0 Å². The van der Waals surface area contributed by atoms with Gasteiger partial charge in [-0.3, -0.25) is 4.79 Å². The van der Waals surface area contributed by atoms with E-state index in [4.69, 9.17) is 0 Å². The third-order valence-electron chi connectivity index (χ3n) is 4.13. The van der Waals surface area contributed by atoms with Crippen molar-refractivity contribution in [2.24, 2.45) is 13.0 Å². The quantitative estimate of drug-likeness (QED) is 0.891. The van der Waals surface area contributed by atoms with Gasteiger partial charge in [-0.15, -0.1) is 0 Å². The predicted octanol–water partition coefficient (Wildman–Crippen LogP) is 1.60. The van der Waals surface area contributed by atoms with Crippen LogP contribution >= 0.6 is 0 Å². The monoisotopic (exact) mass is 366 g/mol. The van der Waals surface area contributed by atoms with Crippen LogP contribution in [0.3, 0.4) is 0 Å². The summed E-state index contributed by atoms with van der Waals surface area (Å²) in [4.78, 5) is 16.3. The number of piperidine rings is 1. The molecule has 2 heterocycles. The van der Waals surface area contributed by atoms with Gasteiger partial charge in [0.15, 0.2) is 5.03 Å². The Morgan fingerprint density at radius 1 is 1.40 bits per heavy atom. The average molecular weight is 366 g/mol. The second-order valence-electron chi connectivity index (χ2n) is 6.08. The number of nitrogens with one attached hydrogen (secondary N) is 1. The summed E-state index contributed by atoms with van der Waals surface area (Å²) in [5, 5.41) is 2.62. The van der Waals surface area contributed by atoms with Crippen molar-refractivity contribution < 1.29 is 17.6 Å². The lowest BCUT2D eigenvalue weighted by molar-refractivity contribution is -0.120. The molecule has 0 bridgehead atoms. The molecule has 0 unspecified atom stereocenters. The third kappa shape index (κ3) is 3.88. The van der Waals surface area contributed by atoms with Gasteiger partial charge in [0.05, 0.1) is 12.2 Å². The normalized spacial score (nSPS) is 18.9. The van der Waals surface area contributed by atoms with Gasteiger partial charge in [0.1, 0.15) is 5.82 Å². The number of anilines is 1. The van der Waals surface area contributed by atoms with Crippen LogP contribution < -0.4 is 5.32 Å². The largest absolute Gasteiger partial charge is 0.339 e. The summed E-state index contributed by atoms with van der Waals surface area (Å²) in [6, 6.07) is 5.61. The minimum Gasteiger partial charge on any atom is -0.339 e. The smallest absolute Gasteiger partial charge is 0.262 e. The van der Waals surface area contributed by atoms with Gasteiger partial charge in [-0.25, -0.2) is 17.8 Å². The number of aryl methyl sites for hydroxylation is 1. The molecule has 1 fully saturated rings. The molecule has 7 nitrogen and oxygen atoms in total. The van der Waals surface area contributed by atoms with Crippen molar-refractivity contribution in [3.05, 3.63) is 42.6 Å². The number of rotatable bonds is 4.